The van der Waals surface area contributed by atoms with E-state index in [-0.39, 0.29) is 23.1 Å². The maximum absolute atomic E-state index is 13.1. The standard InChI is InChI=1S/C24H33N5O4S/c1-5-28-17(3)21(16(2)26-28)10-11-25-24(31)23-15-19-14-20(8-9-22(19)29(23)18(4)30)34(32,33)27-12-6-7-13-27/h8-9,14,23H,5-7,10-13,15H2,1-4H3,(H,25,31)/t23-/m1/s1. The Hall–Kier alpha value is -2.72. The van der Waals surface area contributed by atoms with Crippen LogP contribution in [0.3, 0.4) is 0 Å². The summed E-state index contributed by atoms with van der Waals surface area (Å²) in [5, 5.41) is 7.49. The highest BCUT2D eigenvalue weighted by molar-refractivity contribution is 7.89. The van der Waals surface area contributed by atoms with Crippen LogP contribution in [0.2, 0.25) is 0 Å². The Morgan fingerprint density at radius 3 is 2.50 bits per heavy atom. The molecule has 184 valence electrons. The summed E-state index contributed by atoms with van der Waals surface area (Å²) in [4.78, 5) is 27.2. The zero-order chi connectivity index (χ0) is 24.6. The first-order valence-electron chi connectivity index (χ1n) is 11.9. The summed E-state index contributed by atoms with van der Waals surface area (Å²) in [7, 11) is -3.57. The summed E-state index contributed by atoms with van der Waals surface area (Å²) in [6.07, 6.45) is 2.67. The van der Waals surface area contributed by atoms with E-state index in [9.17, 15) is 18.0 Å². The fourth-order valence-corrected chi connectivity index (χ4v) is 6.67. The molecule has 2 aliphatic rings. The summed E-state index contributed by atoms with van der Waals surface area (Å²) in [5.41, 5.74) is 4.48. The molecule has 3 heterocycles. The smallest absolute Gasteiger partial charge is 0.243 e. The number of nitrogens with one attached hydrogen (secondary N) is 1. The highest BCUT2D eigenvalue weighted by Crippen LogP contribution is 2.35. The Balaban J connectivity index is 1.49. The Morgan fingerprint density at radius 2 is 1.88 bits per heavy atom. The van der Waals surface area contributed by atoms with E-state index in [4.69, 9.17) is 0 Å². The minimum Gasteiger partial charge on any atom is -0.354 e. The van der Waals surface area contributed by atoms with Gasteiger partial charge in [-0.2, -0.15) is 9.40 Å². The molecule has 0 aliphatic carbocycles. The van der Waals surface area contributed by atoms with Gasteiger partial charge in [-0.05, 0) is 69.4 Å². The number of carbonyl (C=O) groups excluding carboxylic acids is 2. The Morgan fingerprint density at radius 1 is 1.18 bits per heavy atom. The van der Waals surface area contributed by atoms with Gasteiger partial charge in [-0.25, -0.2) is 8.42 Å². The lowest BCUT2D eigenvalue weighted by atomic mass is 10.1. The van der Waals surface area contributed by atoms with Crippen molar-refractivity contribution in [2.24, 2.45) is 0 Å². The summed E-state index contributed by atoms with van der Waals surface area (Å²) in [6.45, 7) is 9.75. The molecule has 0 spiro atoms. The highest BCUT2D eigenvalue weighted by atomic mass is 32.2. The van der Waals surface area contributed by atoms with Gasteiger partial charge in [0.05, 0.1) is 10.6 Å². The Kier molecular flexibility index (Phi) is 6.82. The molecule has 1 aromatic heterocycles. The molecule has 10 heteroatoms. The predicted octanol–water partition coefficient (Wildman–Crippen LogP) is 1.94. The summed E-state index contributed by atoms with van der Waals surface area (Å²) >= 11 is 0. The van der Waals surface area contributed by atoms with Crippen molar-refractivity contribution in [3.63, 3.8) is 0 Å². The minimum atomic E-state index is -3.57. The second kappa shape index (κ2) is 9.50. The second-order valence-corrected chi connectivity index (χ2v) is 11.0. The van der Waals surface area contributed by atoms with E-state index in [0.29, 0.717) is 37.3 Å². The van der Waals surface area contributed by atoms with Gasteiger partial charge in [0.2, 0.25) is 21.8 Å². The summed E-state index contributed by atoms with van der Waals surface area (Å²) in [6, 6.07) is 4.12. The lowest BCUT2D eigenvalue weighted by molar-refractivity contribution is -0.125. The van der Waals surface area contributed by atoms with Gasteiger partial charge in [0.1, 0.15) is 6.04 Å². The number of nitrogens with zero attached hydrogens (tertiary/aromatic N) is 4. The molecule has 1 aromatic carbocycles. The van der Waals surface area contributed by atoms with Gasteiger partial charge in [0, 0.05) is 50.9 Å². The molecule has 1 atom stereocenters. The van der Waals surface area contributed by atoms with Crippen LogP contribution in [0.5, 0.6) is 0 Å². The van der Waals surface area contributed by atoms with Crippen molar-refractivity contribution in [1.29, 1.82) is 0 Å². The van der Waals surface area contributed by atoms with Crippen molar-refractivity contribution in [3.8, 4) is 0 Å². The fourth-order valence-electron chi connectivity index (χ4n) is 5.10. The van der Waals surface area contributed by atoms with Gasteiger partial charge in [0.25, 0.3) is 0 Å². The van der Waals surface area contributed by atoms with Crippen molar-refractivity contribution < 1.29 is 18.0 Å². The molecule has 0 radical (unpaired) electrons. The molecule has 2 aromatic rings. The number of hydrogen-bond donors (Lipinski definition) is 1. The van der Waals surface area contributed by atoms with Gasteiger partial charge < -0.3 is 5.32 Å². The molecule has 1 fully saturated rings. The van der Waals surface area contributed by atoms with Gasteiger partial charge in [-0.1, -0.05) is 0 Å². The number of aromatic nitrogens is 2. The van der Waals surface area contributed by atoms with Crippen molar-refractivity contribution in [1.82, 2.24) is 19.4 Å². The molecule has 2 amide bonds. The quantitative estimate of drug-likeness (QED) is 0.643. The third kappa shape index (κ3) is 4.36. The molecule has 2 aliphatic heterocycles. The number of amides is 2. The van der Waals surface area contributed by atoms with Crippen LogP contribution in [0.4, 0.5) is 5.69 Å². The maximum Gasteiger partial charge on any atom is 0.243 e. The molecular formula is C24H33N5O4S. The van der Waals surface area contributed by atoms with Crippen LogP contribution < -0.4 is 10.2 Å². The number of aryl methyl sites for hydroxylation is 2. The topological polar surface area (TPSA) is 105 Å². The molecule has 34 heavy (non-hydrogen) atoms. The summed E-state index contributed by atoms with van der Waals surface area (Å²) in [5.74, 6) is -0.487. The number of carbonyl (C=O) groups is 2. The zero-order valence-electron chi connectivity index (χ0n) is 20.3. The first kappa shape index (κ1) is 24.4. The SMILES string of the molecule is CCn1nc(C)c(CCNC(=O)[C@H]2Cc3cc(S(=O)(=O)N4CCCC4)ccc3N2C(C)=O)c1C. The van der Waals surface area contributed by atoms with Crippen LogP contribution in [0.1, 0.15) is 49.2 Å². The number of sulfonamides is 1. The van der Waals surface area contributed by atoms with Gasteiger partial charge in [-0.3, -0.25) is 19.2 Å². The lowest BCUT2D eigenvalue weighted by Crippen LogP contribution is -2.47. The fraction of sp³-hybridized carbons (Fsp3) is 0.542. The number of benzene rings is 1. The minimum absolute atomic E-state index is 0.219. The van der Waals surface area contributed by atoms with Crippen LogP contribution >= 0.6 is 0 Å². The average Bonchev–Trinajstić information content (AvgIpc) is 3.52. The largest absolute Gasteiger partial charge is 0.354 e. The van der Waals surface area contributed by atoms with E-state index in [2.05, 4.69) is 10.4 Å². The number of fused-ring (bicyclic) bond motifs is 1. The van der Waals surface area contributed by atoms with Gasteiger partial charge in [-0.15, -0.1) is 0 Å². The van der Waals surface area contributed by atoms with Crippen molar-refractivity contribution in [3.05, 3.63) is 40.7 Å². The number of rotatable bonds is 7. The first-order chi connectivity index (χ1) is 16.1. The van der Waals surface area contributed by atoms with Crippen LogP contribution in [0, 0.1) is 13.8 Å². The maximum atomic E-state index is 13.1. The zero-order valence-corrected chi connectivity index (χ0v) is 21.1. The molecule has 0 bridgehead atoms. The van der Waals surface area contributed by atoms with E-state index in [1.807, 2.05) is 25.5 Å². The lowest BCUT2D eigenvalue weighted by Gasteiger charge is -2.23. The number of hydrogen-bond acceptors (Lipinski definition) is 5. The molecule has 9 nitrogen and oxygen atoms in total. The first-order valence-corrected chi connectivity index (χ1v) is 13.3. The van der Waals surface area contributed by atoms with Gasteiger partial charge >= 0.3 is 0 Å². The molecule has 1 N–H and O–H groups in total. The predicted molar refractivity (Wildman–Crippen MR) is 129 cm³/mol. The molecule has 1 saturated heterocycles. The molecule has 4 rings (SSSR count). The van der Waals surface area contributed by atoms with E-state index in [1.54, 1.807) is 18.2 Å². The third-order valence-electron chi connectivity index (χ3n) is 6.89. The van der Waals surface area contributed by atoms with Crippen LogP contribution in [-0.4, -0.2) is 60.0 Å². The normalized spacial score (nSPS) is 18.4. The van der Waals surface area contributed by atoms with Crippen molar-refractivity contribution in [2.45, 2.75) is 70.9 Å². The van der Waals surface area contributed by atoms with E-state index in [0.717, 1.165) is 36.3 Å². The molecular weight excluding hydrogens is 454 g/mol. The van der Waals surface area contributed by atoms with E-state index < -0.39 is 16.1 Å². The average molecular weight is 488 g/mol. The van der Waals surface area contributed by atoms with Crippen molar-refractivity contribution in [2.75, 3.05) is 24.5 Å². The summed E-state index contributed by atoms with van der Waals surface area (Å²) < 4.78 is 29.4. The van der Waals surface area contributed by atoms with Crippen molar-refractivity contribution >= 4 is 27.5 Å². The monoisotopic (exact) mass is 487 g/mol. The highest BCUT2D eigenvalue weighted by Gasteiger charge is 2.38. The van der Waals surface area contributed by atoms with Gasteiger partial charge in [0.15, 0.2) is 0 Å². The second-order valence-electron chi connectivity index (χ2n) is 9.02. The number of anilines is 1. The third-order valence-corrected chi connectivity index (χ3v) is 8.78. The van der Waals surface area contributed by atoms with Crippen LogP contribution in [0.15, 0.2) is 23.1 Å². The van der Waals surface area contributed by atoms with E-state index in [1.165, 1.54) is 16.1 Å². The molecule has 0 saturated carbocycles. The molecule has 0 unspecified atom stereocenters. The Labute approximate surface area is 201 Å². The van der Waals surface area contributed by atoms with E-state index >= 15 is 0 Å². The van der Waals surface area contributed by atoms with Crippen LogP contribution in [0.25, 0.3) is 0 Å². The van der Waals surface area contributed by atoms with Crippen LogP contribution in [-0.2, 0) is 39.0 Å². The Bertz CT molecular complexity index is 1210.